The molecule has 0 bridgehead atoms. The largest absolute Gasteiger partial charge is 0.491 e. The van der Waals surface area contributed by atoms with Gasteiger partial charge in [-0.25, -0.2) is 4.98 Å². The van der Waals surface area contributed by atoms with Crippen molar-refractivity contribution < 1.29 is 13.9 Å². The molecular weight excluding hydrogens is 511 g/mol. The molecule has 2 heterocycles. The number of ether oxygens (including phenoxy) is 2. The molecule has 10 heteroatoms. The number of rotatable bonds is 10. The van der Waals surface area contributed by atoms with Crippen LogP contribution in [0.25, 0.3) is 11.6 Å². The van der Waals surface area contributed by atoms with E-state index in [1.165, 1.54) is 0 Å². The molecule has 0 saturated heterocycles. The fraction of sp³-hybridized carbons (Fsp3) is 0.381. The minimum atomic E-state index is 0. The van der Waals surface area contributed by atoms with Gasteiger partial charge < -0.3 is 24.5 Å². The average Bonchev–Trinajstić information content (AvgIpc) is 3.44. The summed E-state index contributed by atoms with van der Waals surface area (Å²) in [5, 5.41) is 13.7. The van der Waals surface area contributed by atoms with Crippen LogP contribution in [-0.2, 0) is 17.7 Å². The van der Waals surface area contributed by atoms with Gasteiger partial charge >= 0.3 is 0 Å². The summed E-state index contributed by atoms with van der Waals surface area (Å²) in [4.78, 5) is 8.71. The van der Waals surface area contributed by atoms with E-state index in [-0.39, 0.29) is 24.0 Å². The SMILES string of the molecule is CN=C(NCCc1nc(-c2ccco2)n[nH]1)NCc1ccc(C)cc1OCCOC.I. The van der Waals surface area contributed by atoms with Crippen LogP contribution in [0.15, 0.2) is 46.0 Å². The predicted octanol–water partition coefficient (Wildman–Crippen LogP) is 2.92. The number of H-pyrrole nitrogens is 1. The number of aliphatic imine (C=N–C) groups is 1. The summed E-state index contributed by atoms with van der Waals surface area (Å²) in [7, 11) is 3.40. The maximum Gasteiger partial charge on any atom is 0.216 e. The maximum atomic E-state index is 5.84. The summed E-state index contributed by atoms with van der Waals surface area (Å²) in [6, 6.07) is 9.79. The summed E-state index contributed by atoms with van der Waals surface area (Å²) in [6.45, 7) is 4.34. The van der Waals surface area contributed by atoms with Crippen molar-refractivity contribution in [2.75, 3.05) is 33.9 Å². The van der Waals surface area contributed by atoms with Gasteiger partial charge in [0, 0.05) is 39.2 Å². The normalized spacial score (nSPS) is 11.1. The first-order valence-electron chi connectivity index (χ1n) is 9.80. The summed E-state index contributed by atoms with van der Waals surface area (Å²) in [5.41, 5.74) is 2.20. The zero-order chi connectivity index (χ0) is 21.2. The van der Waals surface area contributed by atoms with Gasteiger partial charge in [-0.05, 0) is 30.7 Å². The molecule has 0 spiro atoms. The minimum Gasteiger partial charge on any atom is -0.491 e. The summed E-state index contributed by atoms with van der Waals surface area (Å²) in [6.07, 6.45) is 2.27. The van der Waals surface area contributed by atoms with E-state index in [4.69, 9.17) is 13.9 Å². The van der Waals surface area contributed by atoms with Crippen molar-refractivity contribution in [3.8, 4) is 17.3 Å². The van der Waals surface area contributed by atoms with Crippen molar-refractivity contribution in [3.63, 3.8) is 0 Å². The van der Waals surface area contributed by atoms with Crippen molar-refractivity contribution in [2.45, 2.75) is 19.9 Å². The zero-order valence-electron chi connectivity index (χ0n) is 18.0. The monoisotopic (exact) mass is 540 g/mol. The predicted molar refractivity (Wildman–Crippen MR) is 130 cm³/mol. The maximum absolute atomic E-state index is 5.84. The average molecular weight is 540 g/mol. The lowest BCUT2D eigenvalue weighted by Gasteiger charge is -2.15. The smallest absolute Gasteiger partial charge is 0.216 e. The van der Waals surface area contributed by atoms with Gasteiger partial charge in [0.1, 0.15) is 18.2 Å². The Balaban J connectivity index is 0.00000341. The Morgan fingerprint density at radius 2 is 2.10 bits per heavy atom. The number of furan rings is 1. The quantitative estimate of drug-likeness (QED) is 0.157. The molecule has 0 saturated carbocycles. The molecule has 168 valence electrons. The molecule has 0 aliphatic carbocycles. The van der Waals surface area contributed by atoms with Crippen LogP contribution in [0, 0.1) is 6.92 Å². The highest BCUT2D eigenvalue weighted by molar-refractivity contribution is 14.0. The van der Waals surface area contributed by atoms with Crippen LogP contribution in [0.5, 0.6) is 5.75 Å². The highest BCUT2D eigenvalue weighted by atomic mass is 127. The Morgan fingerprint density at radius 1 is 1.23 bits per heavy atom. The van der Waals surface area contributed by atoms with E-state index in [1.54, 1.807) is 20.4 Å². The van der Waals surface area contributed by atoms with Crippen LogP contribution in [0.3, 0.4) is 0 Å². The molecule has 0 radical (unpaired) electrons. The molecule has 3 aromatic rings. The summed E-state index contributed by atoms with van der Waals surface area (Å²) >= 11 is 0. The summed E-state index contributed by atoms with van der Waals surface area (Å²) < 4.78 is 16.2. The van der Waals surface area contributed by atoms with Crippen LogP contribution in [0.2, 0.25) is 0 Å². The van der Waals surface area contributed by atoms with Gasteiger partial charge in [0.15, 0.2) is 11.7 Å². The fourth-order valence-corrected chi connectivity index (χ4v) is 2.80. The Morgan fingerprint density at radius 3 is 2.84 bits per heavy atom. The second-order valence-corrected chi connectivity index (χ2v) is 6.64. The van der Waals surface area contributed by atoms with Crippen LogP contribution in [0.4, 0.5) is 0 Å². The van der Waals surface area contributed by atoms with E-state index in [1.807, 2.05) is 25.1 Å². The molecule has 31 heavy (non-hydrogen) atoms. The Kier molecular flexibility index (Phi) is 10.3. The highest BCUT2D eigenvalue weighted by Gasteiger charge is 2.09. The number of hydrogen-bond acceptors (Lipinski definition) is 6. The van der Waals surface area contributed by atoms with Gasteiger partial charge in [-0.1, -0.05) is 12.1 Å². The van der Waals surface area contributed by atoms with Crippen molar-refractivity contribution in [2.24, 2.45) is 4.99 Å². The van der Waals surface area contributed by atoms with Gasteiger partial charge in [0.25, 0.3) is 0 Å². The third kappa shape index (κ3) is 7.55. The molecule has 3 rings (SSSR count). The molecular formula is C21H29IN6O3. The lowest BCUT2D eigenvalue weighted by molar-refractivity contribution is 0.145. The first kappa shape index (κ1) is 24.7. The van der Waals surface area contributed by atoms with E-state index in [2.05, 4.69) is 42.9 Å². The van der Waals surface area contributed by atoms with Gasteiger partial charge in [0.2, 0.25) is 5.82 Å². The van der Waals surface area contributed by atoms with Gasteiger partial charge in [0.05, 0.1) is 12.9 Å². The number of nitrogens with zero attached hydrogens (tertiary/aromatic N) is 3. The van der Waals surface area contributed by atoms with Crippen molar-refractivity contribution in [1.29, 1.82) is 0 Å². The number of benzene rings is 1. The van der Waals surface area contributed by atoms with Crippen molar-refractivity contribution in [1.82, 2.24) is 25.8 Å². The molecule has 0 aliphatic rings. The topological polar surface area (TPSA) is 110 Å². The van der Waals surface area contributed by atoms with Crippen LogP contribution in [-0.4, -0.2) is 55.1 Å². The number of methoxy groups -OCH3 is 1. The molecule has 0 amide bonds. The Labute approximate surface area is 199 Å². The Bertz CT molecular complexity index is 943. The van der Waals surface area contributed by atoms with Crippen LogP contribution >= 0.6 is 24.0 Å². The second-order valence-electron chi connectivity index (χ2n) is 6.64. The summed E-state index contributed by atoms with van der Waals surface area (Å²) in [5.74, 6) is 3.52. The van der Waals surface area contributed by atoms with Gasteiger partial charge in [-0.2, -0.15) is 5.10 Å². The molecule has 2 aromatic heterocycles. The number of hydrogen-bond donors (Lipinski definition) is 3. The number of aromatic nitrogens is 3. The van der Waals surface area contributed by atoms with E-state index in [0.717, 1.165) is 22.7 Å². The third-order valence-electron chi connectivity index (χ3n) is 4.37. The van der Waals surface area contributed by atoms with Crippen LogP contribution < -0.4 is 15.4 Å². The van der Waals surface area contributed by atoms with E-state index in [0.29, 0.717) is 50.3 Å². The lowest BCUT2D eigenvalue weighted by atomic mass is 10.1. The molecule has 0 fully saturated rings. The fourth-order valence-electron chi connectivity index (χ4n) is 2.80. The number of halogens is 1. The zero-order valence-corrected chi connectivity index (χ0v) is 20.3. The lowest BCUT2D eigenvalue weighted by Crippen LogP contribution is -2.38. The van der Waals surface area contributed by atoms with Gasteiger partial charge in [-0.15, -0.1) is 24.0 Å². The molecule has 9 nitrogen and oxygen atoms in total. The van der Waals surface area contributed by atoms with E-state index in [9.17, 15) is 0 Å². The third-order valence-corrected chi connectivity index (χ3v) is 4.37. The number of aryl methyl sites for hydroxylation is 1. The number of nitrogens with one attached hydrogen (secondary N) is 3. The Hall–Kier alpha value is -2.60. The molecule has 0 unspecified atom stereocenters. The van der Waals surface area contributed by atoms with E-state index >= 15 is 0 Å². The van der Waals surface area contributed by atoms with Gasteiger partial charge in [-0.3, -0.25) is 10.1 Å². The first-order valence-corrected chi connectivity index (χ1v) is 9.80. The first-order chi connectivity index (χ1) is 14.7. The highest BCUT2D eigenvalue weighted by Crippen LogP contribution is 2.20. The number of aromatic amines is 1. The van der Waals surface area contributed by atoms with E-state index < -0.39 is 0 Å². The molecule has 0 atom stereocenters. The van der Waals surface area contributed by atoms with Crippen molar-refractivity contribution in [3.05, 3.63) is 53.5 Å². The number of guanidine groups is 1. The molecule has 0 aliphatic heterocycles. The minimum absolute atomic E-state index is 0. The second kappa shape index (κ2) is 13.0. The molecule has 3 N–H and O–H groups in total. The standard InChI is InChI=1S/C21H28N6O3.HI/c1-15-6-7-16(18(13-15)30-12-11-28-3)14-24-21(22-2)23-9-8-19-25-20(27-26-19)17-5-4-10-29-17;/h4-7,10,13H,8-9,11-12,14H2,1-3H3,(H2,22,23,24)(H,25,26,27);1H. The molecule has 1 aromatic carbocycles. The van der Waals surface area contributed by atoms with Crippen molar-refractivity contribution >= 4 is 29.9 Å². The van der Waals surface area contributed by atoms with Crippen LogP contribution in [0.1, 0.15) is 17.0 Å².